The lowest BCUT2D eigenvalue weighted by Crippen LogP contribution is -2.42. The van der Waals surface area contributed by atoms with Crippen molar-refractivity contribution in [3.8, 4) is 6.07 Å². The van der Waals surface area contributed by atoms with Gasteiger partial charge in [-0.2, -0.15) is 5.26 Å². The van der Waals surface area contributed by atoms with Gasteiger partial charge in [-0.15, -0.1) is 4.73 Å². The lowest BCUT2D eigenvalue weighted by atomic mass is 10.2. The minimum absolute atomic E-state index is 0.334. The molecule has 0 bridgehead atoms. The number of fused-ring (bicyclic) bond motifs is 1. The molecule has 0 aliphatic rings. The molecule has 0 saturated carbocycles. The van der Waals surface area contributed by atoms with Crippen LogP contribution in [0.4, 0.5) is 0 Å². The predicted octanol–water partition coefficient (Wildman–Crippen LogP) is 0.526. The second-order valence-corrected chi connectivity index (χ2v) is 3.29. The number of aryl methyl sites for hydroxylation is 1. The molecule has 0 saturated heterocycles. The van der Waals surface area contributed by atoms with Crippen molar-refractivity contribution in [2.24, 2.45) is 0 Å². The van der Waals surface area contributed by atoms with Crippen molar-refractivity contribution in [2.45, 2.75) is 13.5 Å². The molecule has 5 heteroatoms. The Morgan fingerprint density at radius 2 is 2.19 bits per heavy atom. The predicted molar refractivity (Wildman–Crippen MR) is 57.6 cm³/mol. The summed E-state index contributed by atoms with van der Waals surface area (Å²) in [4.78, 5) is 11.8. The normalized spacial score (nSPS) is 10.2. The quantitative estimate of drug-likeness (QED) is 0.514. The summed E-state index contributed by atoms with van der Waals surface area (Å²) in [7, 11) is 0. The highest BCUT2D eigenvalue weighted by Crippen LogP contribution is 2.07. The Balaban J connectivity index is 3.08. The second kappa shape index (κ2) is 3.66. The first-order valence-corrected chi connectivity index (χ1v) is 4.86. The summed E-state index contributed by atoms with van der Waals surface area (Å²) < 4.78 is 1.81. The van der Waals surface area contributed by atoms with Gasteiger partial charge in [0.05, 0.1) is 0 Å². The molecule has 0 atom stereocenters. The van der Waals surface area contributed by atoms with Crippen molar-refractivity contribution in [1.29, 1.82) is 5.26 Å². The molecular weight excluding hydrogens is 206 g/mol. The summed E-state index contributed by atoms with van der Waals surface area (Å²) in [5, 5.41) is 20.5. The third kappa shape index (κ3) is 1.24. The van der Waals surface area contributed by atoms with Crippen LogP contribution in [0, 0.1) is 16.5 Å². The third-order valence-electron chi connectivity index (χ3n) is 2.46. The average Bonchev–Trinajstić information content (AvgIpc) is 2.30. The van der Waals surface area contributed by atoms with Crippen molar-refractivity contribution in [3.05, 3.63) is 45.5 Å². The first-order valence-electron chi connectivity index (χ1n) is 4.86. The Kier molecular flexibility index (Phi) is 2.33. The maximum absolute atomic E-state index is 11.8. The Hall–Kier alpha value is -2.35. The number of benzene rings is 1. The van der Waals surface area contributed by atoms with Crippen molar-refractivity contribution >= 4 is 11.0 Å². The molecule has 2 aromatic rings. The number of hydrogen-bond donors (Lipinski definition) is 0. The summed E-state index contributed by atoms with van der Waals surface area (Å²) in [6.07, 6.45) is 0. The largest absolute Gasteiger partial charge is 0.617 e. The van der Waals surface area contributed by atoms with Gasteiger partial charge >= 0.3 is 11.3 Å². The van der Waals surface area contributed by atoms with Crippen molar-refractivity contribution in [3.63, 3.8) is 0 Å². The molecule has 1 aromatic carbocycles. The summed E-state index contributed by atoms with van der Waals surface area (Å²) in [6.45, 7) is 2.22. The first kappa shape index (κ1) is 10.2. The number of aromatic nitrogens is 2. The minimum Gasteiger partial charge on any atom is -0.617 e. The number of rotatable bonds is 1. The van der Waals surface area contributed by atoms with Crippen LogP contribution in [0.1, 0.15) is 12.6 Å². The van der Waals surface area contributed by atoms with E-state index in [9.17, 15) is 10.0 Å². The molecule has 0 aliphatic carbocycles. The van der Waals surface area contributed by atoms with Crippen LogP contribution in [-0.2, 0) is 6.54 Å². The minimum atomic E-state index is -0.543. The van der Waals surface area contributed by atoms with Crippen molar-refractivity contribution in [1.82, 2.24) is 4.57 Å². The van der Waals surface area contributed by atoms with Gasteiger partial charge in [-0.05, 0) is 13.0 Å². The molecular formula is C11H9N3O2. The molecule has 1 heterocycles. The fourth-order valence-corrected chi connectivity index (χ4v) is 1.72. The standard InChI is InChI=1S/C11H9N3O2/c1-2-13-8-5-3-4-6-9(8)14(16)10(7-12)11(13)15/h3-6H,2H2,1H3. The lowest BCUT2D eigenvalue weighted by molar-refractivity contribution is -0.581. The molecule has 0 radical (unpaired) electrons. The van der Waals surface area contributed by atoms with Gasteiger partial charge in [0.25, 0.3) is 0 Å². The van der Waals surface area contributed by atoms with E-state index in [4.69, 9.17) is 5.26 Å². The van der Waals surface area contributed by atoms with Gasteiger partial charge in [0.1, 0.15) is 5.52 Å². The molecule has 0 fully saturated rings. The molecule has 80 valence electrons. The zero-order chi connectivity index (χ0) is 11.7. The average molecular weight is 215 g/mol. The molecule has 1 aromatic heterocycles. The molecule has 0 N–H and O–H groups in total. The highest BCUT2D eigenvalue weighted by atomic mass is 16.5. The second-order valence-electron chi connectivity index (χ2n) is 3.29. The van der Waals surface area contributed by atoms with E-state index in [-0.39, 0.29) is 5.69 Å². The van der Waals surface area contributed by atoms with Crippen LogP contribution in [0.5, 0.6) is 0 Å². The van der Waals surface area contributed by atoms with Gasteiger partial charge in [-0.1, -0.05) is 12.1 Å². The molecule has 0 aliphatic heterocycles. The summed E-state index contributed by atoms with van der Waals surface area (Å²) >= 11 is 0. The zero-order valence-electron chi connectivity index (χ0n) is 8.67. The van der Waals surface area contributed by atoms with E-state index in [0.717, 1.165) is 0 Å². The topological polar surface area (TPSA) is 72.7 Å². The van der Waals surface area contributed by atoms with Crippen LogP contribution in [0.3, 0.4) is 0 Å². The van der Waals surface area contributed by atoms with E-state index in [1.807, 2.05) is 0 Å². The Morgan fingerprint density at radius 3 is 2.81 bits per heavy atom. The molecule has 5 nitrogen and oxygen atoms in total. The van der Waals surface area contributed by atoms with Gasteiger partial charge in [-0.3, -0.25) is 9.36 Å². The highest BCUT2D eigenvalue weighted by molar-refractivity contribution is 5.71. The van der Waals surface area contributed by atoms with Gasteiger partial charge in [0.2, 0.25) is 5.52 Å². The highest BCUT2D eigenvalue weighted by Gasteiger charge is 2.18. The van der Waals surface area contributed by atoms with Crippen LogP contribution < -0.4 is 10.3 Å². The SMILES string of the molecule is CCn1c(=O)c(C#N)[n+]([O-])c2ccccc21. The van der Waals surface area contributed by atoms with Gasteiger partial charge in [0.15, 0.2) is 6.07 Å². The molecule has 0 unspecified atom stereocenters. The smallest absolute Gasteiger partial charge is 0.361 e. The first-order chi connectivity index (χ1) is 7.70. The molecule has 16 heavy (non-hydrogen) atoms. The van der Waals surface area contributed by atoms with Crippen LogP contribution in [-0.4, -0.2) is 4.57 Å². The number of para-hydroxylation sites is 2. The van der Waals surface area contributed by atoms with E-state index in [2.05, 4.69) is 0 Å². The maximum Gasteiger partial charge on any atom is 0.361 e. The number of nitrogens with zero attached hydrogens (tertiary/aromatic N) is 3. The number of hydrogen-bond acceptors (Lipinski definition) is 3. The van der Waals surface area contributed by atoms with Crippen LogP contribution in [0.15, 0.2) is 29.1 Å². The fourth-order valence-electron chi connectivity index (χ4n) is 1.72. The van der Waals surface area contributed by atoms with Crippen molar-refractivity contribution in [2.75, 3.05) is 0 Å². The summed E-state index contributed by atoms with van der Waals surface area (Å²) in [5.41, 5.74) is -0.0521. The number of nitriles is 1. The van der Waals surface area contributed by atoms with E-state index in [1.54, 1.807) is 37.3 Å². The molecule has 0 amide bonds. The summed E-state index contributed by atoms with van der Waals surface area (Å²) in [6, 6.07) is 8.38. The van der Waals surface area contributed by atoms with E-state index in [1.165, 1.54) is 4.57 Å². The van der Waals surface area contributed by atoms with Crippen LogP contribution in [0.25, 0.3) is 11.0 Å². The van der Waals surface area contributed by atoms with Crippen LogP contribution in [0.2, 0.25) is 0 Å². The third-order valence-corrected chi connectivity index (χ3v) is 2.46. The zero-order valence-corrected chi connectivity index (χ0v) is 8.67. The maximum atomic E-state index is 11.8. The van der Waals surface area contributed by atoms with E-state index in [0.29, 0.717) is 22.3 Å². The lowest BCUT2D eigenvalue weighted by Gasteiger charge is -2.08. The van der Waals surface area contributed by atoms with E-state index >= 15 is 0 Å². The fraction of sp³-hybridized carbons (Fsp3) is 0.182. The monoisotopic (exact) mass is 215 g/mol. The molecule has 2 rings (SSSR count). The van der Waals surface area contributed by atoms with Gasteiger partial charge in [0, 0.05) is 12.6 Å². The Bertz CT molecular complexity index is 653. The van der Waals surface area contributed by atoms with Crippen molar-refractivity contribution < 1.29 is 4.73 Å². The van der Waals surface area contributed by atoms with E-state index < -0.39 is 5.56 Å². The summed E-state index contributed by atoms with van der Waals surface area (Å²) in [5.74, 6) is 0. The Labute approximate surface area is 91.4 Å². The Morgan fingerprint density at radius 1 is 1.50 bits per heavy atom. The van der Waals surface area contributed by atoms with Gasteiger partial charge in [-0.25, -0.2) is 0 Å². The van der Waals surface area contributed by atoms with Crippen LogP contribution >= 0.6 is 0 Å². The van der Waals surface area contributed by atoms with Gasteiger partial charge < -0.3 is 5.21 Å². The molecule has 0 spiro atoms.